The normalized spacial score (nSPS) is 15.6. The summed E-state index contributed by atoms with van der Waals surface area (Å²) in [5, 5.41) is 6.19. The average Bonchev–Trinajstić information content (AvgIpc) is 2.96. The van der Waals surface area contributed by atoms with Crippen molar-refractivity contribution in [2.45, 2.75) is 25.8 Å². The van der Waals surface area contributed by atoms with Gasteiger partial charge in [0.15, 0.2) is 0 Å². The number of benzene rings is 2. The minimum atomic E-state index is -3.58. The molecule has 28 heavy (non-hydrogen) atoms. The Morgan fingerprint density at radius 1 is 1.14 bits per heavy atom. The minimum absolute atomic E-state index is 0.124. The zero-order valence-corrected chi connectivity index (χ0v) is 16.9. The Morgan fingerprint density at radius 3 is 2.57 bits per heavy atom. The molecular weight excluding hydrogens is 402 g/mol. The molecule has 0 bridgehead atoms. The molecule has 2 aromatic carbocycles. The molecule has 1 atom stereocenters. The van der Waals surface area contributed by atoms with Crippen LogP contribution in [0, 0.1) is 0 Å². The van der Waals surface area contributed by atoms with Gasteiger partial charge in [-0.25, -0.2) is 8.42 Å². The summed E-state index contributed by atoms with van der Waals surface area (Å²) in [6, 6.07) is 9.77. The molecule has 3 rings (SSSR count). The summed E-state index contributed by atoms with van der Waals surface area (Å²) in [4.78, 5) is 24.3. The second-order valence-corrected chi connectivity index (χ2v) is 8.91. The molecule has 0 spiro atoms. The Kier molecular flexibility index (Phi) is 5.62. The fraction of sp³-hybridized carbons (Fsp3) is 0.263. The van der Waals surface area contributed by atoms with Gasteiger partial charge in [0.2, 0.25) is 15.9 Å². The molecule has 0 aromatic heterocycles. The van der Waals surface area contributed by atoms with Gasteiger partial charge in [-0.2, -0.15) is 0 Å². The lowest BCUT2D eigenvalue weighted by atomic mass is 10.1. The van der Waals surface area contributed by atoms with Gasteiger partial charge in [0.1, 0.15) is 0 Å². The van der Waals surface area contributed by atoms with E-state index < -0.39 is 15.9 Å². The van der Waals surface area contributed by atoms with Crippen LogP contribution in [0.25, 0.3) is 0 Å². The predicted molar refractivity (Wildman–Crippen MR) is 109 cm³/mol. The Bertz CT molecular complexity index is 1050. The standard InChI is InChI=1S/C19H20ClN3O4S/c1-11(24)21-14-5-8-18(23-28(2,26)27)16(10-14)19(25)22-17-7-3-12-9-13(20)4-6-15(12)17/h4-6,8-10,17,23H,3,7H2,1-2H3,(H,21,24)(H,22,25). The van der Waals surface area contributed by atoms with Crippen LogP contribution >= 0.6 is 11.6 Å². The maximum absolute atomic E-state index is 12.9. The van der Waals surface area contributed by atoms with E-state index in [1.807, 2.05) is 12.1 Å². The Hall–Kier alpha value is -2.58. The molecule has 0 radical (unpaired) electrons. The molecule has 1 aliphatic rings. The van der Waals surface area contributed by atoms with Gasteiger partial charge in [-0.3, -0.25) is 14.3 Å². The fourth-order valence-corrected chi connectivity index (χ4v) is 4.05. The van der Waals surface area contributed by atoms with Crippen LogP contribution in [-0.4, -0.2) is 26.5 Å². The first kappa shape index (κ1) is 20.2. The van der Waals surface area contributed by atoms with Crippen LogP contribution in [0.1, 0.15) is 40.9 Å². The third kappa shape index (κ3) is 4.82. The maximum atomic E-state index is 12.9. The quantitative estimate of drug-likeness (QED) is 0.689. The number of anilines is 2. The summed E-state index contributed by atoms with van der Waals surface area (Å²) >= 11 is 6.03. The van der Waals surface area contributed by atoms with Gasteiger partial charge < -0.3 is 10.6 Å². The highest BCUT2D eigenvalue weighted by molar-refractivity contribution is 7.92. The molecule has 0 fully saturated rings. The molecule has 9 heteroatoms. The van der Waals surface area contributed by atoms with Crippen LogP contribution in [0.4, 0.5) is 11.4 Å². The van der Waals surface area contributed by atoms with Crippen molar-refractivity contribution in [2.24, 2.45) is 0 Å². The second kappa shape index (κ2) is 7.81. The first-order valence-corrected chi connectivity index (χ1v) is 10.9. The van der Waals surface area contributed by atoms with Crippen molar-refractivity contribution in [3.8, 4) is 0 Å². The van der Waals surface area contributed by atoms with Crippen LogP contribution < -0.4 is 15.4 Å². The van der Waals surface area contributed by atoms with E-state index in [1.54, 1.807) is 6.07 Å². The van der Waals surface area contributed by atoms with Crippen LogP contribution in [-0.2, 0) is 21.2 Å². The predicted octanol–water partition coefficient (Wildman–Crippen LogP) is 3.09. The number of hydrogen-bond acceptors (Lipinski definition) is 4. The Labute approximate surface area is 168 Å². The average molecular weight is 422 g/mol. The van der Waals surface area contributed by atoms with Crippen molar-refractivity contribution in [1.29, 1.82) is 0 Å². The number of fused-ring (bicyclic) bond motifs is 1. The van der Waals surface area contributed by atoms with Crippen LogP contribution in [0.15, 0.2) is 36.4 Å². The zero-order chi connectivity index (χ0) is 20.5. The monoisotopic (exact) mass is 421 g/mol. The van der Waals surface area contributed by atoms with E-state index in [0.29, 0.717) is 10.7 Å². The van der Waals surface area contributed by atoms with E-state index in [9.17, 15) is 18.0 Å². The molecule has 2 aromatic rings. The summed E-state index contributed by atoms with van der Waals surface area (Å²) in [5.74, 6) is -0.733. The number of sulfonamides is 1. The minimum Gasteiger partial charge on any atom is -0.345 e. The van der Waals surface area contributed by atoms with Crippen LogP contribution in [0.5, 0.6) is 0 Å². The molecule has 0 aliphatic heterocycles. The SMILES string of the molecule is CC(=O)Nc1ccc(NS(C)(=O)=O)c(C(=O)NC2CCc3cc(Cl)ccc32)c1. The first-order valence-electron chi connectivity index (χ1n) is 8.61. The molecule has 148 valence electrons. The lowest BCUT2D eigenvalue weighted by molar-refractivity contribution is -0.114. The maximum Gasteiger partial charge on any atom is 0.253 e. The van der Waals surface area contributed by atoms with Gasteiger partial charge in [0, 0.05) is 17.6 Å². The number of carbonyl (C=O) groups excluding carboxylic acids is 2. The molecule has 3 N–H and O–H groups in total. The molecule has 1 unspecified atom stereocenters. The topological polar surface area (TPSA) is 104 Å². The number of amides is 2. The molecule has 0 heterocycles. The van der Waals surface area contributed by atoms with Gasteiger partial charge in [-0.05, 0) is 54.3 Å². The van der Waals surface area contributed by atoms with Crippen molar-refractivity contribution in [3.63, 3.8) is 0 Å². The number of hydrogen-bond donors (Lipinski definition) is 3. The van der Waals surface area contributed by atoms with E-state index in [1.165, 1.54) is 25.1 Å². The number of nitrogens with one attached hydrogen (secondary N) is 3. The largest absolute Gasteiger partial charge is 0.345 e. The molecule has 2 amide bonds. The summed E-state index contributed by atoms with van der Waals surface area (Å²) < 4.78 is 25.7. The second-order valence-electron chi connectivity index (χ2n) is 6.72. The molecule has 1 aliphatic carbocycles. The Balaban J connectivity index is 1.90. The Morgan fingerprint density at radius 2 is 1.89 bits per heavy atom. The van der Waals surface area contributed by atoms with E-state index >= 15 is 0 Å². The third-order valence-electron chi connectivity index (χ3n) is 4.37. The number of halogens is 1. The summed E-state index contributed by atoms with van der Waals surface area (Å²) in [6.07, 6.45) is 2.52. The fourth-order valence-electron chi connectivity index (χ4n) is 3.27. The molecular formula is C19H20ClN3O4S. The zero-order valence-electron chi connectivity index (χ0n) is 15.4. The van der Waals surface area contributed by atoms with E-state index in [-0.39, 0.29) is 23.2 Å². The first-order chi connectivity index (χ1) is 13.1. The highest BCUT2D eigenvalue weighted by Crippen LogP contribution is 2.33. The number of rotatable bonds is 5. The van der Waals surface area contributed by atoms with Crippen LogP contribution in [0.2, 0.25) is 5.02 Å². The molecule has 0 saturated carbocycles. The van der Waals surface area contributed by atoms with Crippen molar-refractivity contribution in [3.05, 3.63) is 58.1 Å². The van der Waals surface area contributed by atoms with Gasteiger partial charge >= 0.3 is 0 Å². The smallest absolute Gasteiger partial charge is 0.253 e. The van der Waals surface area contributed by atoms with Crippen molar-refractivity contribution < 1.29 is 18.0 Å². The summed E-state index contributed by atoms with van der Waals surface area (Å²) in [6.45, 7) is 1.35. The van der Waals surface area contributed by atoms with Gasteiger partial charge in [0.25, 0.3) is 5.91 Å². The summed E-state index contributed by atoms with van der Waals surface area (Å²) in [5.41, 5.74) is 2.74. The molecule has 0 saturated heterocycles. The number of aryl methyl sites for hydroxylation is 1. The summed E-state index contributed by atoms with van der Waals surface area (Å²) in [7, 11) is -3.58. The van der Waals surface area contributed by atoms with Gasteiger partial charge in [0.05, 0.1) is 23.5 Å². The highest BCUT2D eigenvalue weighted by Gasteiger charge is 2.26. The lowest BCUT2D eigenvalue weighted by Crippen LogP contribution is -2.28. The van der Waals surface area contributed by atoms with Gasteiger partial charge in [-0.15, -0.1) is 0 Å². The third-order valence-corrected chi connectivity index (χ3v) is 5.19. The van der Waals surface area contributed by atoms with E-state index in [0.717, 1.165) is 30.2 Å². The lowest BCUT2D eigenvalue weighted by Gasteiger charge is -2.17. The highest BCUT2D eigenvalue weighted by atomic mass is 35.5. The number of carbonyl (C=O) groups is 2. The van der Waals surface area contributed by atoms with E-state index in [2.05, 4.69) is 15.4 Å². The van der Waals surface area contributed by atoms with Gasteiger partial charge in [-0.1, -0.05) is 17.7 Å². The van der Waals surface area contributed by atoms with E-state index in [4.69, 9.17) is 11.6 Å². The van der Waals surface area contributed by atoms with Crippen molar-refractivity contribution in [2.75, 3.05) is 16.3 Å². The molecule has 7 nitrogen and oxygen atoms in total. The van der Waals surface area contributed by atoms with Crippen molar-refractivity contribution >= 4 is 44.8 Å². The van der Waals surface area contributed by atoms with Crippen molar-refractivity contribution in [1.82, 2.24) is 5.32 Å². The van der Waals surface area contributed by atoms with Crippen LogP contribution in [0.3, 0.4) is 0 Å².